The van der Waals surface area contributed by atoms with Crippen molar-refractivity contribution in [2.45, 2.75) is 40.3 Å². The monoisotopic (exact) mass is 578 g/mol. The molecule has 1 aromatic heterocycles. The van der Waals surface area contributed by atoms with Crippen molar-refractivity contribution in [3.05, 3.63) is 12.1 Å². The minimum Gasteiger partial charge on any atom is -0.371 e. The summed E-state index contributed by atoms with van der Waals surface area (Å²) in [4.78, 5) is 0.554. The van der Waals surface area contributed by atoms with E-state index in [9.17, 15) is 25.3 Å². The van der Waals surface area contributed by atoms with Crippen LogP contribution in [0.1, 0.15) is 19.3 Å². The minimum absolute atomic E-state index is 0.128. The average Bonchev–Trinajstić information content (AvgIpc) is 3.56. The molecule has 0 saturated carbocycles. The van der Waals surface area contributed by atoms with Crippen LogP contribution >= 0.6 is 0 Å². The number of nitrogens with zero attached hydrogens (tertiary/aromatic N) is 4. The number of H-pyrrole nitrogens is 1. The van der Waals surface area contributed by atoms with E-state index in [1.165, 1.54) is 12.1 Å². The zero-order valence-corrected chi connectivity index (χ0v) is 22.2. The van der Waals surface area contributed by atoms with E-state index in [4.69, 9.17) is 10.9 Å². The molecule has 8 N–H and O–H groups in total. The Hall–Kier alpha value is -2.26. The number of tetrazole rings is 1. The molecule has 0 bridgehead atoms. The van der Waals surface area contributed by atoms with Gasteiger partial charge in [-0.05, 0) is 43.2 Å². The number of rotatable bonds is 10. The molecule has 0 aliphatic carbocycles. The number of sulfonamides is 3. The Kier molecular flexibility index (Phi) is 8.14. The summed E-state index contributed by atoms with van der Waals surface area (Å²) in [6, 6.07) is 2.21. The maximum absolute atomic E-state index is 13.3. The molecule has 2 fully saturated rings. The Labute approximate surface area is 215 Å². The standard InChI is InChI=1S/C18H30N10O6S3/c19-6-8-22-36(31,32)13-4-9-28(10-5-13)14-1-2-15(37(33,34)25-12-3-7-21-11-12)17(35(20,29)30)16(14)18-23-26-27-24-18/h1-2,12-13,21-22,25H,3-11,19H2,(H2,20,29,30)(H,23,24,26,27)/t12-/m1/s1. The Morgan fingerprint density at radius 3 is 2.38 bits per heavy atom. The summed E-state index contributed by atoms with van der Waals surface area (Å²) in [5.41, 5.74) is 5.56. The van der Waals surface area contributed by atoms with Crippen molar-refractivity contribution in [3.8, 4) is 11.4 Å². The maximum atomic E-state index is 13.3. The molecule has 206 valence electrons. The van der Waals surface area contributed by atoms with Gasteiger partial charge in [0.25, 0.3) is 0 Å². The summed E-state index contributed by atoms with van der Waals surface area (Å²) in [5, 5.41) is 21.5. The second-order valence-electron chi connectivity index (χ2n) is 8.79. The Bertz CT molecular complexity index is 1420. The normalized spacial score (nSPS) is 19.9. The van der Waals surface area contributed by atoms with Gasteiger partial charge >= 0.3 is 0 Å². The van der Waals surface area contributed by atoms with Crippen LogP contribution in [0.5, 0.6) is 0 Å². The number of nitrogens with two attached hydrogens (primary N) is 2. The highest BCUT2D eigenvalue weighted by molar-refractivity contribution is 7.92. The van der Waals surface area contributed by atoms with E-state index in [1.54, 1.807) is 4.90 Å². The van der Waals surface area contributed by atoms with Gasteiger partial charge in [0, 0.05) is 44.5 Å². The van der Waals surface area contributed by atoms with Crippen LogP contribution in [0.25, 0.3) is 11.4 Å². The topological polar surface area (TPSA) is 248 Å². The van der Waals surface area contributed by atoms with Crippen molar-refractivity contribution in [1.82, 2.24) is 35.4 Å². The number of benzene rings is 1. The molecule has 2 saturated heterocycles. The van der Waals surface area contributed by atoms with Gasteiger partial charge in [-0.1, -0.05) is 0 Å². The summed E-state index contributed by atoms with van der Waals surface area (Å²) >= 11 is 0. The number of primary sulfonamides is 1. The molecule has 0 unspecified atom stereocenters. The summed E-state index contributed by atoms with van der Waals surface area (Å²) in [6.45, 7) is 1.79. The first-order chi connectivity index (χ1) is 17.4. The van der Waals surface area contributed by atoms with E-state index in [0.29, 0.717) is 19.5 Å². The van der Waals surface area contributed by atoms with E-state index in [2.05, 4.69) is 35.4 Å². The van der Waals surface area contributed by atoms with Crippen LogP contribution in [-0.2, 0) is 30.1 Å². The molecule has 16 nitrogen and oxygen atoms in total. The van der Waals surface area contributed by atoms with Crippen molar-refractivity contribution in [2.24, 2.45) is 10.9 Å². The van der Waals surface area contributed by atoms with Gasteiger partial charge in [-0.15, -0.1) is 10.2 Å². The van der Waals surface area contributed by atoms with Crippen LogP contribution in [0.4, 0.5) is 5.69 Å². The number of hydrogen-bond acceptors (Lipinski definition) is 12. The summed E-state index contributed by atoms with van der Waals surface area (Å²) < 4.78 is 82.3. The van der Waals surface area contributed by atoms with Gasteiger partial charge in [-0.2, -0.15) is 5.21 Å². The van der Waals surface area contributed by atoms with E-state index >= 15 is 0 Å². The van der Waals surface area contributed by atoms with Gasteiger partial charge in [0.1, 0.15) is 9.79 Å². The molecule has 0 amide bonds. The largest absolute Gasteiger partial charge is 0.371 e. The van der Waals surface area contributed by atoms with Crippen LogP contribution in [0.15, 0.2) is 21.9 Å². The molecular weight excluding hydrogens is 548 g/mol. The lowest BCUT2D eigenvalue weighted by Crippen LogP contribution is -2.44. The highest BCUT2D eigenvalue weighted by atomic mass is 32.2. The lowest BCUT2D eigenvalue weighted by atomic mass is 10.1. The molecule has 1 atom stereocenters. The van der Waals surface area contributed by atoms with E-state index in [0.717, 1.165) is 0 Å². The van der Waals surface area contributed by atoms with Gasteiger partial charge in [-0.25, -0.2) is 39.8 Å². The molecule has 4 rings (SSSR count). The maximum Gasteiger partial charge on any atom is 0.242 e. The first-order valence-electron chi connectivity index (χ1n) is 11.5. The van der Waals surface area contributed by atoms with E-state index in [1.807, 2.05) is 0 Å². The van der Waals surface area contributed by atoms with Crippen LogP contribution in [-0.4, -0.2) is 96.4 Å². The second kappa shape index (κ2) is 10.8. The second-order valence-corrected chi connectivity index (χ2v) is 14.0. The predicted octanol–water partition coefficient (Wildman–Crippen LogP) is -3.00. The molecular formula is C18H30N10O6S3. The number of aromatic amines is 1. The molecule has 0 spiro atoms. The lowest BCUT2D eigenvalue weighted by Gasteiger charge is -2.34. The molecule has 37 heavy (non-hydrogen) atoms. The Balaban J connectivity index is 1.76. The van der Waals surface area contributed by atoms with Crippen molar-refractivity contribution in [2.75, 3.05) is 44.2 Å². The van der Waals surface area contributed by atoms with Crippen molar-refractivity contribution < 1.29 is 25.3 Å². The molecule has 2 aliphatic heterocycles. The summed E-state index contributed by atoms with van der Waals surface area (Å²) in [6.07, 6.45) is 1.02. The third kappa shape index (κ3) is 6.08. The summed E-state index contributed by atoms with van der Waals surface area (Å²) in [7, 11) is -12.5. The molecule has 2 aromatic rings. The Morgan fingerprint density at radius 2 is 1.81 bits per heavy atom. The number of hydrogen-bond donors (Lipinski definition) is 6. The first-order valence-corrected chi connectivity index (χ1v) is 16.1. The third-order valence-electron chi connectivity index (χ3n) is 6.29. The van der Waals surface area contributed by atoms with Crippen molar-refractivity contribution in [1.29, 1.82) is 0 Å². The van der Waals surface area contributed by atoms with Gasteiger partial charge in [-0.3, -0.25) is 0 Å². The molecule has 1 aromatic carbocycles. The Morgan fingerprint density at radius 1 is 1.08 bits per heavy atom. The van der Waals surface area contributed by atoms with E-state index < -0.39 is 51.2 Å². The molecule has 3 heterocycles. The van der Waals surface area contributed by atoms with E-state index in [-0.39, 0.29) is 56.1 Å². The average molecular weight is 579 g/mol. The van der Waals surface area contributed by atoms with Crippen LogP contribution < -0.4 is 30.5 Å². The van der Waals surface area contributed by atoms with Gasteiger partial charge < -0.3 is 16.0 Å². The van der Waals surface area contributed by atoms with Crippen LogP contribution in [0, 0.1) is 0 Å². The highest BCUT2D eigenvalue weighted by Gasteiger charge is 2.36. The van der Waals surface area contributed by atoms with Crippen molar-refractivity contribution in [3.63, 3.8) is 0 Å². The number of aromatic nitrogens is 4. The fraction of sp³-hybridized carbons (Fsp3) is 0.611. The van der Waals surface area contributed by atoms with Crippen LogP contribution in [0.3, 0.4) is 0 Å². The SMILES string of the molecule is NCCNS(=O)(=O)C1CCN(c2ccc(S(=O)(=O)N[C@@H]3CCNC3)c(S(N)(=O)=O)c2-c2nn[nH]n2)CC1. The number of anilines is 1. The van der Waals surface area contributed by atoms with Gasteiger partial charge in [0.15, 0.2) is 0 Å². The van der Waals surface area contributed by atoms with Gasteiger partial charge in [0.2, 0.25) is 35.9 Å². The fourth-order valence-electron chi connectivity index (χ4n) is 4.56. The summed E-state index contributed by atoms with van der Waals surface area (Å²) in [5.74, 6) is -0.169. The molecule has 2 aliphatic rings. The zero-order valence-electron chi connectivity index (χ0n) is 19.8. The minimum atomic E-state index is -4.61. The molecule has 19 heteroatoms. The lowest BCUT2D eigenvalue weighted by molar-refractivity contribution is 0.520. The third-order valence-corrected chi connectivity index (χ3v) is 10.9. The quantitative estimate of drug-likeness (QED) is 0.165. The first kappa shape index (κ1) is 27.8. The number of piperidine rings is 1. The number of nitrogens with one attached hydrogen (secondary N) is 4. The van der Waals surface area contributed by atoms with Crippen molar-refractivity contribution >= 4 is 35.8 Å². The molecule has 0 radical (unpaired) electrons. The predicted molar refractivity (Wildman–Crippen MR) is 134 cm³/mol. The van der Waals surface area contributed by atoms with Crippen LogP contribution in [0.2, 0.25) is 0 Å². The fourth-order valence-corrected chi connectivity index (χ4v) is 8.89. The zero-order chi connectivity index (χ0) is 26.8. The van der Waals surface area contributed by atoms with Gasteiger partial charge in [0.05, 0.1) is 10.8 Å². The smallest absolute Gasteiger partial charge is 0.242 e. The highest BCUT2D eigenvalue weighted by Crippen LogP contribution is 2.39.